The Morgan fingerprint density at radius 3 is 2.92 bits per heavy atom. The molecule has 1 heterocycles. The van der Waals surface area contributed by atoms with Gasteiger partial charge in [0.1, 0.15) is 0 Å². The molecule has 0 aromatic heterocycles. The van der Waals surface area contributed by atoms with Crippen molar-refractivity contribution < 1.29 is 14.6 Å². The lowest BCUT2D eigenvalue weighted by Crippen LogP contribution is -2.22. The lowest BCUT2D eigenvalue weighted by molar-refractivity contribution is -0.125. The molecule has 0 fully saturated rings. The summed E-state index contributed by atoms with van der Waals surface area (Å²) in [7, 11) is 0. The second-order valence-corrected chi connectivity index (χ2v) is 3.48. The summed E-state index contributed by atoms with van der Waals surface area (Å²) in [5, 5.41) is 8.96. The number of hydrogen-bond donors (Lipinski definition) is 1. The summed E-state index contributed by atoms with van der Waals surface area (Å²) in [5.41, 5.74) is 0. The fraction of sp³-hybridized carbons (Fsp3) is 0.556. The first-order valence-electron chi connectivity index (χ1n) is 4.03. The summed E-state index contributed by atoms with van der Waals surface area (Å²) in [4.78, 5) is 0. The summed E-state index contributed by atoms with van der Waals surface area (Å²) < 4.78 is 11.0. The van der Waals surface area contributed by atoms with Crippen molar-refractivity contribution in [3.05, 3.63) is 23.7 Å². The van der Waals surface area contributed by atoms with Gasteiger partial charge < -0.3 is 14.6 Å². The van der Waals surface area contributed by atoms with Gasteiger partial charge in [0, 0.05) is 13.8 Å². The zero-order chi connectivity index (χ0) is 8.77. The van der Waals surface area contributed by atoms with E-state index in [9.17, 15) is 0 Å². The topological polar surface area (TPSA) is 38.7 Å². The number of aliphatic hydroxyl groups excluding tert-OH is 1. The maximum atomic E-state index is 8.96. The standard InChI is InChI=1S/C9H12O3/c1-9(2)11-7-4-3-6(5-10)8(7)12-9/h3-4,6,10H,5H2,1-2H3. The minimum absolute atomic E-state index is 0.0122. The molecular formula is C9H12O3. The highest BCUT2D eigenvalue weighted by atomic mass is 16.7. The van der Waals surface area contributed by atoms with Gasteiger partial charge in [0.05, 0.1) is 12.5 Å². The van der Waals surface area contributed by atoms with Crippen molar-refractivity contribution in [1.82, 2.24) is 0 Å². The van der Waals surface area contributed by atoms with E-state index in [-0.39, 0.29) is 12.5 Å². The van der Waals surface area contributed by atoms with E-state index in [1.165, 1.54) is 0 Å². The molecule has 0 spiro atoms. The first kappa shape index (κ1) is 7.68. The number of hydrogen-bond acceptors (Lipinski definition) is 3. The molecule has 1 aliphatic carbocycles. The van der Waals surface area contributed by atoms with E-state index in [1.807, 2.05) is 26.0 Å². The molecule has 2 rings (SSSR count). The second-order valence-electron chi connectivity index (χ2n) is 3.48. The monoisotopic (exact) mass is 168 g/mol. The van der Waals surface area contributed by atoms with E-state index in [0.717, 1.165) is 11.5 Å². The smallest absolute Gasteiger partial charge is 0.245 e. The van der Waals surface area contributed by atoms with Gasteiger partial charge >= 0.3 is 0 Å². The zero-order valence-electron chi connectivity index (χ0n) is 7.20. The van der Waals surface area contributed by atoms with E-state index in [0.29, 0.717) is 0 Å². The molecule has 66 valence electrons. The first-order chi connectivity index (χ1) is 5.62. The molecule has 0 aromatic rings. The first-order valence-corrected chi connectivity index (χ1v) is 4.03. The number of allylic oxidation sites excluding steroid dienone is 1. The lowest BCUT2D eigenvalue weighted by Gasteiger charge is -2.20. The van der Waals surface area contributed by atoms with Gasteiger partial charge in [0.15, 0.2) is 11.5 Å². The molecule has 3 heteroatoms. The third-order valence-corrected chi connectivity index (χ3v) is 1.97. The molecular weight excluding hydrogens is 156 g/mol. The molecule has 0 aromatic carbocycles. The van der Waals surface area contributed by atoms with Crippen molar-refractivity contribution in [3.63, 3.8) is 0 Å². The van der Waals surface area contributed by atoms with Gasteiger partial charge in [-0.15, -0.1) is 0 Å². The quantitative estimate of drug-likeness (QED) is 0.638. The van der Waals surface area contributed by atoms with Crippen molar-refractivity contribution in [2.75, 3.05) is 6.61 Å². The van der Waals surface area contributed by atoms with Crippen molar-refractivity contribution in [3.8, 4) is 0 Å². The molecule has 0 radical (unpaired) electrons. The molecule has 0 bridgehead atoms. The van der Waals surface area contributed by atoms with Gasteiger partial charge in [-0.2, -0.15) is 0 Å². The molecule has 0 saturated heterocycles. The molecule has 1 unspecified atom stereocenters. The van der Waals surface area contributed by atoms with Crippen LogP contribution in [0.25, 0.3) is 0 Å². The van der Waals surface area contributed by atoms with E-state index in [4.69, 9.17) is 14.6 Å². The van der Waals surface area contributed by atoms with Crippen molar-refractivity contribution in [1.29, 1.82) is 0 Å². The van der Waals surface area contributed by atoms with E-state index in [2.05, 4.69) is 0 Å². The van der Waals surface area contributed by atoms with Gasteiger partial charge in [-0.25, -0.2) is 0 Å². The third-order valence-electron chi connectivity index (χ3n) is 1.97. The Kier molecular flexibility index (Phi) is 1.45. The molecule has 0 amide bonds. The van der Waals surface area contributed by atoms with Crippen LogP contribution in [-0.4, -0.2) is 17.5 Å². The predicted octanol–water partition coefficient (Wildman–Crippen LogP) is 1.16. The molecule has 1 aliphatic heterocycles. The van der Waals surface area contributed by atoms with Gasteiger partial charge in [-0.1, -0.05) is 6.08 Å². The van der Waals surface area contributed by atoms with Crippen LogP contribution < -0.4 is 0 Å². The highest BCUT2D eigenvalue weighted by Crippen LogP contribution is 2.39. The van der Waals surface area contributed by atoms with Crippen LogP contribution in [0, 0.1) is 5.92 Å². The van der Waals surface area contributed by atoms with E-state index >= 15 is 0 Å². The van der Waals surface area contributed by atoms with Gasteiger partial charge in [0.2, 0.25) is 5.79 Å². The molecule has 1 atom stereocenters. The molecule has 0 saturated carbocycles. The molecule has 3 nitrogen and oxygen atoms in total. The summed E-state index contributed by atoms with van der Waals surface area (Å²) in [6.07, 6.45) is 3.74. The van der Waals surface area contributed by atoms with Crippen LogP contribution in [-0.2, 0) is 9.47 Å². The van der Waals surface area contributed by atoms with Crippen molar-refractivity contribution >= 4 is 0 Å². The summed E-state index contributed by atoms with van der Waals surface area (Å²) in [6, 6.07) is 0. The fourth-order valence-electron chi connectivity index (χ4n) is 1.46. The Bertz CT molecular complexity index is 263. The summed E-state index contributed by atoms with van der Waals surface area (Å²) >= 11 is 0. The highest BCUT2D eigenvalue weighted by Gasteiger charge is 2.38. The van der Waals surface area contributed by atoms with Crippen LogP contribution in [0.1, 0.15) is 13.8 Å². The minimum atomic E-state index is -0.567. The zero-order valence-corrected chi connectivity index (χ0v) is 7.20. The van der Waals surface area contributed by atoms with Crippen LogP contribution in [0.2, 0.25) is 0 Å². The van der Waals surface area contributed by atoms with Gasteiger partial charge in [0.25, 0.3) is 0 Å². The Hall–Kier alpha value is -0.960. The van der Waals surface area contributed by atoms with Crippen molar-refractivity contribution in [2.45, 2.75) is 19.6 Å². The minimum Gasteiger partial charge on any atom is -0.453 e. The van der Waals surface area contributed by atoms with Gasteiger partial charge in [-0.05, 0) is 6.08 Å². The molecule has 1 N–H and O–H groups in total. The second kappa shape index (κ2) is 2.26. The van der Waals surface area contributed by atoms with Crippen LogP contribution in [0.15, 0.2) is 23.7 Å². The van der Waals surface area contributed by atoms with Crippen LogP contribution >= 0.6 is 0 Å². The average molecular weight is 168 g/mol. The van der Waals surface area contributed by atoms with E-state index < -0.39 is 5.79 Å². The Morgan fingerprint density at radius 1 is 1.50 bits per heavy atom. The van der Waals surface area contributed by atoms with E-state index in [1.54, 1.807) is 0 Å². The highest BCUT2D eigenvalue weighted by molar-refractivity contribution is 5.32. The largest absolute Gasteiger partial charge is 0.453 e. The molecule has 12 heavy (non-hydrogen) atoms. The molecule has 2 aliphatic rings. The average Bonchev–Trinajstić information content (AvgIpc) is 2.42. The van der Waals surface area contributed by atoms with Gasteiger partial charge in [-0.3, -0.25) is 0 Å². The maximum absolute atomic E-state index is 8.96. The predicted molar refractivity (Wildman–Crippen MR) is 43.0 cm³/mol. The number of rotatable bonds is 1. The summed E-state index contributed by atoms with van der Waals surface area (Å²) in [6.45, 7) is 3.79. The van der Waals surface area contributed by atoms with Crippen LogP contribution in [0.5, 0.6) is 0 Å². The lowest BCUT2D eigenvalue weighted by atomic mass is 10.1. The van der Waals surface area contributed by atoms with Crippen molar-refractivity contribution in [2.24, 2.45) is 5.92 Å². The fourth-order valence-corrected chi connectivity index (χ4v) is 1.46. The SMILES string of the molecule is CC1(C)OC2=C(O1)C(CO)C=C2. The van der Waals surface area contributed by atoms with Crippen LogP contribution in [0.4, 0.5) is 0 Å². The summed E-state index contributed by atoms with van der Waals surface area (Å²) in [5.74, 6) is 0.950. The maximum Gasteiger partial charge on any atom is 0.245 e. The third kappa shape index (κ3) is 1.01. The van der Waals surface area contributed by atoms with Crippen LogP contribution in [0.3, 0.4) is 0 Å². The Labute approximate surface area is 71.3 Å². The number of aliphatic hydroxyl groups is 1. The Balaban J connectivity index is 2.21. The normalized spacial score (nSPS) is 30.1. The number of ether oxygens (including phenoxy) is 2. The Morgan fingerprint density at radius 2 is 2.25 bits per heavy atom.